The molecule has 0 aliphatic carbocycles. The SMILES string of the molecule is CCC[CH2][Sn]([CH2]CCC)([O]C(=O)c1ccc2c(c1)OCCOCCOCCOCCOCCO2)[O]C(=O)c1ccc2c(c1)OCCOCCOCCOCCOCCO2. The fourth-order valence-corrected chi connectivity index (χ4v) is 15.5. The maximum atomic E-state index is 14.1. The molecule has 0 N–H and O–H groups in total. The quantitative estimate of drug-likeness (QED) is 0.278. The van der Waals surface area contributed by atoms with Crippen LogP contribution in [0.25, 0.3) is 0 Å². The average Bonchev–Trinajstić information content (AvgIpc) is 3.24. The predicted molar refractivity (Wildman–Crippen MR) is 217 cm³/mol. The van der Waals surface area contributed by atoms with Crippen molar-refractivity contribution >= 4 is 31.1 Å². The van der Waals surface area contributed by atoms with Crippen LogP contribution in [-0.4, -0.2) is 163 Å². The van der Waals surface area contributed by atoms with Crippen LogP contribution in [0.1, 0.15) is 60.2 Å². The van der Waals surface area contributed by atoms with Crippen molar-refractivity contribution in [3.8, 4) is 23.0 Å². The number of hydrogen-bond acceptors (Lipinski definition) is 16. The molecule has 0 bridgehead atoms. The molecule has 2 aliphatic heterocycles. The average molecular weight is 944 g/mol. The van der Waals surface area contributed by atoms with E-state index in [1.54, 1.807) is 36.4 Å². The van der Waals surface area contributed by atoms with Crippen molar-refractivity contribution in [1.29, 1.82) is 0 Å². The first-order valence-electron chi connectivity index (χ1n) is 20.9. The van der Waals surface area contributed by atoms with Crippen molar-refractivity contribution in [2.24, 2.45) is 0 Å². The number of unbranched alkanes of at least 4 members (excludes halogenated alkanes) is 2. The molecule has 332 valence electrons. The molecule has 0 spiro atoms. The van der Waals surface area contributed by atoms with Gasteiger partial charge < -0.3 is 9.47 Å². The van der Waals surface area contributed by atoms with Crippen LogP contribution in [-0.2, 0) is 44.0 Å². The Balaban J connectivity index is 1.50. The monoisotopic (exact) mass is 944 g/mol. The number of benzene rings is 2. The Morgan fingerprint density at radius 3 is 0.983 bits per heavy atom. The van der Waals surface area contributed by atoms with Crippen LogP contribution in [0.15, 0.2) is 36.4 Å². The standard InChI is InChI=1S/2C17H24O8.2C4H9.Sn/c2*18-17(19)14-1-2-15-16(13-14)25-12-10-23-8-6-21-4-3-20-5-7-22-9-11-24-15;2*1-3-4-2;/h2*1-2,13H,3-12H2,(H,18,19);2*1,3-4H2,2H3;/q;;;;+2/p-2. The summed E-state index contributed by atoms with van der Waals surface area (Å²) in [5.41, 5.74) is 0.504. The summed E-state index contributed by atoms with van der Waals surface area (Å²) in [4.78, 5) is 28.2. The van der Waals surface area contributed by atoms with Gasteiger partial charge in [0.15, 0.2) is 0 Å². The van der Waals surface area contributed by atoms with E-state index in [2.05, 4.69) is 13.8 Å². The molecule has 2 heterocycles. The van der Waals surface area contributed by atoms with Gasteiger partial charge in [-0.2, -0.15) is 0 Å². The Bertz CT molecular complexity index is 1350. The van der Waals surface area contributed by atoms with E-state index in [0.29, 0.717) is 138 Å². The van der Waals surface area contributed by atoms with Gasteiger partial charge in [0.1, 0.15) is 0 Å². The van der Waals surface area contributed by atoms with Gasteiger partial charge in [0.25, 0.3) is 0 Å². The third kappa shape index (κ3) is 19.5. The van der Waals surface area contributed by atoms with Crippen molar-refractivity contribution in [2.45, 2.75) is 48.4 Å². The molecule has 4 rings (SSSR count). The zero-order chi connectivity index (χ0) is 41.6. The Labute approximate surface area is 353 Å². The van der Waals surface area contributed by atoms with Gasteiger partial charge in [-0.05, 0) is 0 Å². The topological polar surface area (TPSA) is 163 Å². The number of fused-ring (bicyclic) bond motifs is 2. The number of ether oxygens (including phenoxy) is 12. The van der Waals surface area contributed by atoms with Crippen LogP contribution in [0.3, 0.4) is 0 Å². The molecule has 2 aromatic rings. The van der Waals surface area contributed by atoms with E-state index in [1.165, 1.54) is 0 Å². The van der Waals surface area contributed by atoms with Gasteiger partial charge >= 0.3 is 319 Å². The van der Waals surface area contributed by atoms with Gasteiger partial charge in [-0.3, -0.25) is 0 Å². The Hall–Kier alpha value is -2.94. The first-order valence-corrected chi connectivity index (χ1v) is 27.3. The number of rotatable bonds is 10. The van der Waals surface area contributed by atoms with E-state index in [9.17, 15) is 9.59 Å². The Kier molecular flexibility index (Phi) is 24.9. The summed E-state index contributed by atoms with van der Waals surface area (Å²) in [5, 5.41) is 0. The molecule has 59 heavy (non-hydrogen) atoms. The van der Waals surface area contributed by atoms with Crippen molar-refractivity contribution in [3.05, 3.63) is 47.5 Å². The van der Waals surface area contributed by atoms with Crippen molar-refractivity contribution in [1.82, 2.24) is 0 Å². The summed E-state index contributed by atoms with van der Waals surface area (Å²) in [5.74, 6) is 0.427. The zero-order valence-corrected chi connectivity index (χ0v) is 37.7. The molecular formula is C42H64O16Sn. The van der Waals surface area contributed by atoms with Gasteiger partial charge in [-0.15, -0.1) is 0 Å². The maximum absolute atomic E-state index is 14.1. The van der Waals surface area contributed by atoms with Crippen LogP contribution in [0.2, 0.25) is 8.87 Å². The van der Waals surface area contributed by atoms with Gasteiger partial charge in [0.2, 0.25) is 0 Å². The first kappa shape index (κ1) is 48.7. The van der Waals surface area contributed by atoms with Crippen LogP contribution in [0.5, 0.6) is 23.0 Å². The van der Waals surface area contributed by atoms with Gasteiger partial charge in [-0.25, -0.2) is 0 Å². The molecule has 0 amide bonds. The molecule has 2 aromatic carbocycles. The van der Waals surface area contributed by atoms with Crippen LogP contribution >= 0.6 is 0 Å². The summed E-state index contributed by atoms with van der Waals surface area (Å²) < 4.78 is 82.6. The van der Waals surface area contributed by atoms with Gasteiger partial charge in [0, 0.05) is 0 Å². The second kappa shape index (κ2) is 30.1. The first-order chi connectivity index (χ1) is 29.0. The van der Waals surface area contributed by atoms with E-state index < -0.39 is 31.1 Å². The minimum absolute atomic E-state index is 0.211. The fraction of sp³-hybridized carbons (Fsp3) is 0.667. The molecule has 2 aliphatic rings. The van der Waals surface area contributed by atoms with E-state index in [-0.39, 0.29) is 37.6 Å². The zero-order valence-electron chi connectivity index (χ0n) is 34.9. The summed E-state index contributed by atoms with van der Waals surface area (Å²) in [6.07, 6.45) is 3.15. The summed E-state index contributed by atoms with van der Waals surface area (Å²) >= 11 is -4.50. The van der Waals surface area contributed by atoms with Crippen molar-refractivity contribution < 1.29 is 72.6 Å². The van der Waals surface area contributed by atoms with E-state index >= 15 is 0 Å². The van der Waals surface area contributed by atoms with E-state index in [1.807, 2.05) is 0 Å². The van der Waals surface area contributed by atoms with Crippen molar-refractivity contribution in [2.75, 3.05) is 132 Å². The fourth-order valence-electron chi connectivity index (χ4n) is 5.80. The third-order valence-corrected chi connectivity index (χ3v) is 18.5. The van der Waals surface area contributed by atoms with Crippen LogP contribution in [0.4, 0.5) is 0 Å². The molecular weight excluding hydrogens is 879 g/mol. The molecule has 0 atom stereocenters. The molecule has 16 nitrogen and oxygen atoms in total. The van der Waals surface area contributed by atoms with E-state index in [4.69, 9.17) is 63.0 Å². The normalized spacial score (nSPS) is 18.2. The summed E-state index contributed by atoms with van der Waals surface area (Å²) in [6.45, 7) is 11.6. The van der Waals surface area contributed by atoms with E-state index in [0.717, 1.165) is 25.7 Å². The summed E-state index contributed by atoms with van der Waals surface area (Å²) in [6, 6.07) is 9.79. The molecule has 0 radical (unpaired) electrons. The second-order valence-corrected chi connectivity index (χ2v) is 22.7. The molecule has 17 heteroatoms. The number of carbonyl (C=O) groups excluding carboxylic acids is 2. The number of carbonyl (C=O) groups is 2. The summed E-state index contributed by atoms with van der Waals surface area (Å²) in [7, 11) is 0. The molecule has 0 saturated carbocycles. The van der Waals surface area contributed by atoms with Crippen LogP contribution < -0.4 is 18.9 Å². The second-order valence-electron chi connectivity index (χ2n) is 13.5. The van der Waals surface area contributed by atoms with Gasteiger partial charge in [0.05, 0.1) is 26.4 Å². The number of hydrogen-bond donors (Lipinski definition) is 0. The Morgan fingerprint density at radius 1 is 0.424 bits per heavy atom. The van der Waals surface area contributed by atoms with Crippen molar-refractivity contribution in [3.63, 3.8) is 0 Å². The molecule has 0 fully saturated rings. The van der Waals surface area contributed by atoms with Gasteiger partial charge in [-0.1, -0.05) is 0 Å². The molecule has 0 aromatic heterocycles. The molecule has 0 saturated heterocycles. The Morgan fingerprint density at radius 2 is 0.695 bits per heavy atom. The minimum atomic E-state index is -4.50. The van der Waals surface area contributed by atoms with Crippen LogP contribution in [0, 0.1) is 0 Å². The predicted octanol–water partition coefficient (Wildman–Crippen LogP) is 5.42. The molecule has 0 unspecified atom stereocenters. The third-order valence-electron chi connectivity index (χ3n) is 8.91.